The quantitative estimate of drug-likeness (QED) is 0.494. The molecule has 3 heterocycles. The number of allylic oxidation sites excluding steroid dienone is 1. The number of rotatable bonds is 5. The third-order valence-electron chi connectivity index (χ3n) is 4.62. The lowest BCUT2D eigenvalue weighted by atomic mass is 10.1. The Kier molecular flexibility index (Phi) is 4.70. The molecule has 29 heavy (non-hydrogen) atoms. The third-order valence-corrected chi connectivity index (χ3v) is 5.70. The molecule has 0 aliphatic heterocycles. The summed E-state index contributed by atoms with van der Waals surface area (Å²) in [6, 6.07) is 9.16. The zero-order chi connectivity index (χ0) is 20.5. The molecule has 0 unspecified atom stereocenters. The zero-order valence-electron chi connectivity index (χ0n) is 15.6. The van der Waals surface area contributed by atoms with Crippen LogP contribution in [0.15, 0.2) is 47.5 Å². The van der Waals surface area contributed by atoms with Crippen LogP contribution in [0.25, 0.3) is 21.3 Å². The molecule has 0 saturated carbocycles. The summed E-state index contributed by atoms with van der Waals surface area (Å²) in [4.78, 5) is 17.6. The lowest BCUT2D eigenvalue weighted by Crippen LogP contribution is -2.24. The summed E-state index contributed by atoms with van der Waals surface area (Å²) in [6.07, 6.45) is 4.95. The lowest BCUT2D eigenvalue weighted by Gasteiger charge is -2.06. The van der Waals surface area contributed by atoms with Gasteiger partial charge in [0.15, 0.2) is 5.65 Å². The smallest absolute Gasteiger partial charge is 0.291 e. The standard InChI is InChI=1S/C20H17N7OS/c1-26-17-15(18-19(26)25-16(29-18)8-14(23)6-7-21)10-24-27(20(17)28)11-13-4-2-12(9-22)3-5-13/h2-7,10,23H,8,11,21H2,1H3/b7-6-,23-14?. The number of benzene rings is 1. The largest absolute Gasteiger partial charge is 0.405 e. The Morgan fingerprint density at radius 1 is 1.38 bits per heavy atom. The Bertz CT molecular complexity index is 1370. The van der Waals surface area contributed by atoms with Gasteiger partial charge in [-0.1, -0.05) is 12.1 Å². The maximum absolute atomic E-state index is 13.0. The molecule has 9 heteroatoms. The van der Waals surface area contributed by atoms with E-state index in [0.29, 0.717) is 35.4 Å². The van der Waals surface area contributed by atoms with Gasteiger partial charge in [-0.05, 0) is 30.0 Å². The first-order valence-corrected chi connectivity index (χ1v) is 9.62. The predicted molar refractivity (Wildman–Crippen MR) is 113 cm³/mol. The fourth-order valence-electron chi connectivity index (χ4n) is 3.22. The number of hydrogen-bond donors (Lipinski definition) is 2. The Morgan fingerprint density at radius 3 is 2.83 bits per heavy atom. The van der Waals surface area contributed by atoms with E-state index in [1.54, 1.807) is 22.9 Å². The molecule has 0 aliphatic carbocycles. The zero-order valence-corrected chi connectivity index (χ0v) is 16.4. The average Bonchev–Trinajstić information content (AvgIpc) is 3.23. The molecule has 0 bridgehead atoms. The summed E-state index contributed by atoms with van der Waals surface area (Å²) in [5.74, 6) is 0. The van der Waals surface area contributed by atoms with Crippen molar-refractivity contribution in [3.8, 4) is 6.07 Å². The van der Waals surface area contributed by atoms with E-state index in [1.807, 2.05) is 19.2 Å². The molecule has 0 aliphatic rings. The third kappa shape index (κ3) is 3.30. The van der Waals surface area contributed by atoms with Crippen molar-refractivity contribution in [1.29, 1.82) is 10.7 Å². The summed E-state index contributed by atoms with van der Waals surface area (Å²) in [5, 5.41) is 22.7. The molecule has 0 saturated heterocycles. The highest BCUT2D eigenvalue weighted by molar-refractivity contribution is 7.19. The summed E-state index contributed by atoms with van der Waals surface area (Å²) in [5.41, 5.74) is 8.23. The second kappa shape index (κ2) is 7.33. The molecular formula is C20H17N7OS. The molecule has 3 aromatic heterocycles. The van der Waals surface area contributed by atoms with Crippen molar-refractivity contribution < 1.29 is 0 Å². The van der Waals surface area contributed by atoms with Crippen molar-refractivity contribution in [3.05, 3.63) is 69.2 Å². The number of nitrogens with two attached hydrogens (primary N) is 1. The van der Waals surface area contributed by atoms with Crippen LogP contribution in [-0.2, 0) is 20.0 Å². The Balaban J connectivity index is 1.74. The molecule has 3 N–H and O–H groups in total. The molecule has 4 aromatic rings. The van der Waals surface area contributed by atoms with Gasteiger partial charge in [0.2, 0.25) is 0 Å². The molecule has 144 valence electrons. The minimum atomic E-state index is -0.195. The van der Waals surface area contributed by atoms with Crippen molar-refractivity contribution >= 4 is 38.3 Å². The van der Waals surface area contributed by atoms with Crippen LogP contribution in [0.2, 0.25) is 0 Å². The number of aromatic nitrogens is 4. The van der Waals surface area contributed by atoms with Crippen LogP contribution >= 0.6 is 11.3 Å². The van der Waals surface area contributed by atoms with E-state index in [4.69, 9.17) is 16.4 Å². The van der Waals surface area contributed by atoms with Gasteiger partial charge in [-0.25, -0.2) is 9.67 Å². The summed E-state index contributed by atoms with van der Waals surface area (Å²) >= 11 is 1.46. The van der Waals surface area contributed by atoms with Gasteiger partial charge in [0.25, 0.3) is 5.56 Å². The topological polar surface area (TPSA) is 126 Å². The number of hydrogen-bond acceptors (Lipinski definition) is 7. The SMILES string of the molecule is Cn1c2nc(CC(=N)/C=C\N)sc2c2cnn(Cc3ccc(C#N)cc3)c(=O)c21. The van der Waals surface area contributed by atoms with Crippen molar-refractivity contribution in [2.45, 2.75) is 13.0 Å². The van der Waals surface area contributed by atoms with Crippen molar-refractivity contribution in [1.82, 2.24) is 19.3 Å². The molecule has 0 amide bonds. The van der Waals surface area contributed by atoms with Crippen molar-refractivity contribution in [3.63, 3.8) is 0 Å². The van der Waals surface area contributed by atoms with Gasteiger partial charge in [0.05, 0.1) is 29.1 Å². The van der Waals surface area contributed by atoms with Crippen LogP contribution in [0.5, 0.6) is 0 Å². The van der Waals surface area contributed by atoms with Gasteiger partial charge in [0.1, 0.15) is 10.5 Å². The minimum Gasteiger partial charge on any atom is -0.405 e. The number of fused-ring (bicyclic) bond motifs is 3. The van der Waals surface area contributed by atoms with Gasteiger partial charge in [-0.3, -0.25) is 4.79 Å². The Morgan fingerprint density at radius 2 is 2.14 bits per heavy atom. The fraction of sp³-hybridized carbons (Fsp3) is 0.150. The fourth-order valence-corrected chi connectivity index (χ4v) is 4.35. The molecular weight excluding hydrogens is 386 g/mol. The van der Waals surface area contributed by atoms with Gasteiger partial charge in [0, 0.05) is 24.6 Å². The lowest BCUT2D eigenvalue weighted by molar-refractivity contribution is 0.644. The number of nitriles is 1. The van der Waals surface area contributed by atoms with Crippen LogP contribution < -0.4 is 11.3 Å². The van der Waals surface area contributed by atoms with Crippen molar-refractivity contribution in [2.24, 2.45) is 12.8 Å². The maximum Gasteiger partial charge on any atom is 0.291 e. The van der Waals surface area contributed by atoms with Crippen LogP contribution in [0.1, 0.15) is 16.1 Å². The van der Waals surface area contributed by atoms with Crippen molar-refractivity contribution in [2.75, 3.05) is 0 Å². The minimum absolute atomic E-state index is 0.195. The second-order valence-electron chi connectivity index (χ2n) is 6.56. The van der Waals surface area contributed by atoms with Gasteiger partial charge in [-0.15, -0.1) is 11.3 Å². The van der Waals surface area contributed by atoms with E-state index in [2.05, 4.69) is 16.2 Å². The van der Waals surface area contributed by atoms with Crippen LogP contribution in [0, 0.1) is 16.7 Å². The average molecular weight is 403 g/mol. The van der Waals surface area contributed by atoms with Gasteiger partial charge < -0.3 is 15.7 Å². The molecule has 1 aromatic carbocycles. The highest BCUT2D eigenvalue weighted by atomic mass is 32.1. The Labute approximate surface area is 169 Å². The number of aryl methyl sites for hydroxylation is 1. The number of nitrogens with one attached hydrogen (secondary N) is 1. The predicted octanol–water partition coefficient (Wildman–Crippen LogP) is 2.30. The number of thiazole rings is 1. The van der Waals surface area contributed by atoms with E-state index < -0.39 is 0 Å². The van der Waals surface area contributed by atoms with E-state index >= 15 is 0 Å². The van der Waals surface area contributed by atoms with E-state index in [9.17, 15) is 4.79 Å². The van der Waals surface area contributed by atoms with Crippen LogP contribution in [0.3, 0.4) is 0 Å². The molecule has 0 radical (unpaired) electrons. The molecule has 0 fully saturated rings. The number of nitrogens with zero attached hydrogens (tertiary/aromatic N) is 5. The maximum atomic E-state index is 13.0. The first kappa shape index (κ1) is 18.6. The van der Waals surface area contributed by atoms with E-state index in [0.717, 1.165) is 20.7 Å². The van der Waals surface area contributed by atoms with Gasteiger partial charge in [-0.2, -0.15) is 10.4 Å². The first-order valence-electron chi connectivity index (χ1n) is 8.80. The first-order chi connectivity index (χ1) is 14.0. The summed E-state index contributed by atoms with van der Waals surface area (Å²) in [7, 11) is 1.81. The molecule has 4 rings (SSSR count). The second-order valence-corrected chi connectivity index (χ2v) is 7.64. The van der Waals surface area contributed by atoms with Crippen LogP contribution in [0.4, 0.5) is 0 Å². The normalized spacial score (nSPS) is 11.4. The monoisotopic (exact) mass is 403 g/mol. The molecule has 8 nitrogen and oxygen atoms in total. The Hall–Kier alpha value is -3.77. The van der Waals surface area contributed by atoms with E-state index in [1.165, 1.54) is 28.3 Å². The highest BCUT2D eigenvalue weighted by Gasteiger charge is 2.18. The van der Waals surface area contributed by atoms with E-state index in [-0.39, 0.29) is 5.56 Å². The molecule has 0 spiro atoms. The van der Waals surface area contributed by atoms with Crippen LogP contribution in [-0.4, -0.2) is 25.0 Å². The molecule has 0 atom stereocenters. The summed E-state index contributed by atoms with van der Waals surface area (Å²) in [6.45, 7) is 0.320. The van der Waals surface area contributed by atoms with Gasteiger partial charge >= 0.3 is 0 Å². The highest BCUT2D eigenvalue weighted by Crippen LogP contribution is 2.31. The summed E-state index contributed by atoms with van der Waals surface area (Å²) < 4.78 is 4.08.